The van der Waals surface area contributed by atoms with Crippen LogP contribution in [-0.2, 0) is 0 Å². The molecule has 0 saturated carbocycles. The summed E-state index contributed by atoms with van der Waals surface area (Å²) in [5.74, 6) is -1.43. The van der Waals surface area contributed by atoms with Crippen molar-refractivity contribution in [3.8, 4) is 11.5 Å². The van der Waals surface area contributed by atoms with Gasteiger partial charge in [-0.25, -0.2) is 24.2 Å². The number of hydrogen-bond donors (Lipinski definition) is 2. The molecule has 2 aromatic heterocycles. The van der Waals surface area contributed by atoms with Gasteiger partial charge in [-0.1, -0.05) is 30.3 Å². The fraction of sp³-hybridized carbons (Fsp3) is 0. The molecule has 0 unspecified atom stereocenters. The zero-order valence-electron chi connectivity index (χ0n) is 16.5. The molecule has 2 N–H and O–H groups in total. The van der Waals surface area contributed by atoms with E-state index in [1.54, 1.807) is 24.3 Å². The molecule has 0 aliphatic carbocycles. The third-order valence-electron chi connectivity index (χ3n) is 4.93. The van der Waals surface area contributed by atoms with Crippen molar-refractivity contribution in [2.24, 2.45) is 5.10 Å². The van der Waals surface area contributed by atoms with E-state index in [-0.39, 0.29) is 5.56 Å². The summed E-state index contributed by atoms with van der Waals surface area (Å²) in [6, 6.07) is 19.5. The Bertz CT molecular complexity index is 1480. The molecule has 0 atom stereocenters. The van der Waals surface area contributed by atoms with Crippen molar-refractivity contribution in [2.45, 2.75) is 0 Å². The average molecular weight is 427 g/mol. The number of hydrazone groups is 1. The van der Waals surface area contributed by atoms with Gasteiger partial charge in [0, 0.05) is 17.0 Å². The predicted molar refractivity (Wildman–Crippen MR) is 118 cm³/mol. The lowest BCUT2D eigenvalue weighted by atomic mass is 10.1. The monoisotopic (exact) mass is 427 g/mol. The van der Waals surface area contributed by atoms with Crippen LogP contribution in [0.5, 0.6) is 0 Å². The minimum Gasteiger partial charge on any atom is -0.337 e. The van der Waals surface area contributed by atoms with Crippen molar-refractivity contribution in [1.82, 2.24) is 20.4 Å². The number of carbonyl (C=O) groups excluding carboxylic acids is 1. The standard InChI is InChI=1S/C24H15F2N5O/c25-15-10-9-14(18(26)11-15)13-27-31-24(32)17-12-22(28-19-6-2-1-5-16(17)19)23-29-20-7-3-4-8-21(20)30-23/h1-13H,(H,29,30)(H,31,32)/b27-13+. The number of para-hydroxylation sites is 3. The van der Waals surface area contributed by atoms with Gasteiger partial charge in [-0.15, -0.1) is 0 Å². The van der Waals surface area contributed by atoms with Gasteiger partial charge in [0.25, 0.3) is 5.91 Å². The molecule has 0 fully saturated rings. The molecule has 0 radical (unpaired) electrons. The first kappa shape index (κ1) is 19.5. The van der Waals surface area contributed by atoms with Gasteiger partial charge in [0.2, 0.25) is 0 Å². The number of benzene rings is 3. The first-order chi connectivity index (χ1) is 15.6. The Hall–Kier alpha value is -4.46. The molecule has 0 spiro atoms. The summed E-state index contributed by atoms with van der Waals surface area (Å²) in [5, 5.41) is 4.45. The fourth-order valence-corrected chi connectivity index (χ4v) is 3.39. The number of aromatic nitrogens is 3. The molecule has 3 aromatic carbocycles. The molecular formula is C24H15F2N5O. The first-order valence-corrected chi connectivity index (χ1v) is 9.72. The number of hydrogen-bond acceptors (Lipinski definition) is 4. The zero-order chi connectivity index (χ0) is 22.1. The molecule has 0 saturated heterocycles. The Morgan fingerprint density at radius 2 is 1.72 bits per heavy atom. The summed E-state index contributed by atoms with van der Waals surface area (Å²) in [7, 11) is 0. The lowest BCUT2D eigenvalue weighted by Crippen LogP contribution is -2.18. The van der Waals surface area contributed by atoms with E-state index in [9.17, 15) is 13.6 Å². The van der Waals surface area contributed by atoms with Crippen LogP contribution < -0.4 is 5.43 Å². The number of pyridine rings is 1. The van der Waals surface area contributed by atoms with E-state index in [2.05, 4.69) is 25.5 Å². The Kier molecular flexibility index (Phi) is 4.87. The number of halogens is 2. The summed E-state index contributed by atoms with van der Waals surface area (Å²) in [6.45, 7) is 0. The molecule has 1 amide bonds. The Morgan fingerprint density at radius 1 is 0.938 bits per heavy atom. The summed E-state index contributed by atoms with van der Waals surface area (Å²) in [4.78, 5) is 25.3. The summed E-state index contributed by atoms with van der Waals surface area (Å²) in [6.07, 6.45) is 1.12. The number of carbonyl (C=O) groups is 1. The number of rotatable bonds is 4. The van der Waals surface area contributed by atoms with Gasteiger partial charge in [0.05, 0.1) is 28.3 Å². The predicted octanol–water partition coefficient (Wildman–Crippen LogP) is 4.82. The van der Waals surface area contributed by atoms with Crippen LogP contribution in [0.4, 0.5) is 8.78 Å². The summed E-state index contributed by atoms with van der Waals surface area (Å²) in [5.41, 5.74) is 5.54. The maximum atomic E-state index is 13.8. The quantitative estimate of drug-likeness (QED) is 0.319. The van der Waals surface area contributed by atoms with Crippen molar-refractivity contribution in [3.63, 3.8) is 0 Å². The van der Waals surface area contributed by atoms with E-state index in [1.165, 1.54) is 6.07 Å². The van der Waals surface area contributed by atoms with Crippen molar-refractivity contribution >= 4 is 34.1 Å². The van der Waals surface area contributed by atoms with E-state index in [0.29, 0.717) is 28.0 Å². The number of aromatic amines is 1. The molecule has 0 aliphatic heterocycles. The molecule has 156 valence electrons. The van der Waals surface area contributed by atoms with Crippen LogP contribution in [0.3, 0.4) is 0 Å². The second-order valence-electron chi connectivity index (χ2n) is 7.04. The Morgan fingerprint density at radius 3 is 2.53 bits per heavy atom. The Balaban J connectivity index is 1.51. The van der Waals surface area contributed by atoms with Gasteiger partial charge < -0.3 is 4.98 Å². The summed E-state index contributed by atoms with van der Waals surface area (Å²) < 4.78 is 26.8. The van der Waals surface area contributed by atoms with Gasteiger partial charge in [-0.3, -0.25) is 4.79 Å². The van der Waals surface area contributed by atoms with Crippen LogP contribution in [0.15, 0.2) is 77.9 Å². The molecule has 0 aliphatic rings. The number of nitrogens with one attached hydrogen (secondary N) is 2. The normalized spacial score (nSPS) is 11.4. The minimum absolute atomic E-state index is 0.0502. The van der Waals surface area contributed by atoms with Crippen molar-refractivity contribution < 1.29 is 13.6 Å². The van der Waals surface area contributed by atoms with Gasteiger partial charge in [0.1, 0.15) is 17.3 Å². The number of nitrogens with zero attached hydrogens (tertiary/aromatic N) is 3. The van der Waals surface area contributed by atoms with E-state index < -0.39 is 17.5 Å². The molecule has 0 bridgehead atoms. The number of fused-ring (bicyclic) bond motifs is 2. The van der Waals surface area contributed by atoms with Gasteiger partial charge >= 0.3 is 0 Å². The van der Waals surface area contributed by atoms with Gasteiger partial charge in [-0.05, 0) is 36.4 Å². The van der Waals surface area contributed by atoms with Crippen LogP contribution >= 0.6 is 0 Å². The van der Waals surface area contributed by atoms with Crippen LogP contribution in [0.2, 0.25) is 0 Å². The van der Waals surface area contributed by atoms with E-state index in [1.807, 2.05) is 30.3 Å². The molecule has 5 rings (SSSR count). The van der Waals surface area contributed by atoms with Crippen molar-refractivity contribution in [2.75, 3.05) is 0 Å². The third kappa shape index (κ3) is 3.69. The maximum absolute atomic E-state index is 13.8. The lowest BCUT2D eigenvalue weighted by molar-refractivity contribution is 0.0956. The average Bonchev–Trinajstić information content (AvgIpc) is 3.24. The SMILES string of the molecule is O=C(N/N=C/c1ccc(F)cc1F)c1cc(-c2nc3ccccc3[nH]2)nc2ccccc12. The maximum Gasteiger partial charge on any atom is 0.272 e. The first-order valence-electron chi connectivity index (χ1n) is 9.72. The molecule has 5 aromatic rings. The Labute approximate surface area is 180 Å². The van der Waals surface area contributed by atoms with Gasteiger partial charge in [0.15, 0.2) is 5.82 Å². The second-order valence-corrected chi connectivity index (χ2v) is 7.04. The fourth-order valence-electron chi connectivity index (χ4n) is 3.39. The summed E-state index contributed by atoms with van der Waals surface area (Å²) >= 11 is 0. The zero-order valence-corrected chi connectivity index (χ0v) is 16.5. The highest BCUT2D eigenvalue weighted by Gasteiger charge is 2.15. The van der Waals surface area contributed by atoms with E-state index >= 15 is 0 Å². The van der Waals surface area contributed by atoms with E-state index in [0.717, 1.165) is 29.4 Å². The lowest BCUT2D eigenvalue weighted by Gasteiger charge is -2.07. The smallest absolute Gasteiger partial charge is 0.272 e. The van der Waals surface area contributed by atoms with E-state index in [4.69, 9.17) is 0 Å². The largest absolute Gasteiger partial charge is 0.337 e. The number of imidazole rings is 1. The second kappa shape index (κ2) is 7.99. The molecule has 2 heterocycles. The highest BCUT2D eigenvalue weighted by atomic mass is 19.1. The van der Waals surface area contributed by atoms with Crippen molar-refractivity contribution in [3.05, 3.63) is 95.6 Å². The third-order valence-corrected chi connectivity index (χ3v) is 4.93. The molecular weight excluding hydrogens is 412 g/mol. The van der Waals surface area contributed by atoms with Crippen molar-refractivity contribution in [1.29, 1.82) is 0 Å². The highest BCUT2D eigenvalue weighted by Crippen LogP contribution is 2.25. The molecule has 32 heavy (non-hydrogen) atoms. The highest BCUT2D eigenvalue weighted by molar-refractivity contribution is 6.07. The van der Waals surface area contributed by atoms with Crippen LogP contribution in [0.25, 0.3) is 33.5 Å². The minimum atomic E-state index is -0.774. The molecule has 8 heteroatoms. The van der Waals surface area contributed by atoms with Gasteiger partial charge in [-0.2, -0.15) is 5.10 Å². The number of H-pyrrole nitrogens is 1. The van der Waals surface area contributed by atoms with Crippen LogP contribution in [0.1, 0.15) is 15.9 Å². The topological polar surface area (TPSA) is 83.0 Å². The van der Waals surface area contributed by atoms with Crippen LogP contribution in [0, 0.1) is 11.6 Å². The number of amides is 1. The van der Waals surface area contributed by atoms with Crippen LogP contribution in [-0.4, -0.2) is 27.1 Å². The molecule has 6 nitrogen and oxygen atoms in total.